The van der Waals surface area contributed by atoms with Crippen LogP contribution in [-0.4, -0.2) is 138 Å². The van der Waals surface area contributed by atoms with Crippen LogP contribution >= 0.6 is 0 Å². The average Bonchev–Trinajstić information content (AvgIpc) is 2.97. The minimum Gasteiger partial charge on any atom is -0.491 e. The maximum Gasteiger partial charge on any atom is 0.221 e. The summed E-state index contributed by atoms with van der Waals surface area (Å²) in [5, 5.41) is 2.70. The van der Waals surface area contributed by atoms with Gasteiger partial charge in [-0.05, 0) is 24.3 Å². The van der Waals surface area contributed by atoms with E-state index in [1.54, 1.807) is 24.3 Å². The smallest absolute Gasteiger partial charge is 0.221 e. The van der Waals surface area contributed by atoms with Crippen LogP contribution < -0.4 is 10.1 Å². The molecule has 0 spiro atoms. The molecule has 0 aromatic heterocycles. The van der Waals surface area contributed by atoms with Gasteiger partial charge in [-0.2, -0.15) is 0 Å². The zero-order valence-corrected chi connectivity index (χ0v) is 24.3. The van der Waals surface area contributed by atoms with Gasteiger partial charge in [0.05, 0.1) is 119 Å². The number of carbonyl (C=O) groups excluding carboxylic acids is 1. The van der Waals surface area contributed by atoms with Crippen molar-refractivity contribution in [3.63, 3.8) is 0 Å². The van der Waals surface area contributed by atoms with E-state index in [2.05, 4.69) is 5.32 Å². The molecule has 1 N–H and O–H groups in total. The highest BCUT2D eigenvalue weighted by molar-refractivity contribution is 5.88. The molecule has 0 aliphatic heterocycles. The Morgan fingerprint density at radius 2 is 0.805 bits per heavy atom. The summed E-state index contributed by atoms with van der Waals surface area (Å²) >= 11 is 0. The number of halogens is 1. The number of hydrogen-bond acceptors (Lipinski definition) is 11. The Morgan fingerprint density at radius 3 is 1.10 bits per heavy atom. The molecule has 0 unspecified atom stereocenters. The third-order valence-corrected chi connectivity index (χ3v) is 4.87. The number of amides is 1. The Morgan fingerprint density at radius 1 is 0.512 bits per heavy atom. The lowest BCUT2D eigenvalue weighted by molar-refractivity contribution is -0.114. The molecule has 1 aromatic carbocycles. The molecular weight excluding hydrogens is 545 g/mol. The molecule has 0 atom stereocenters. The maximum atomic E-state index is 11.8. The Labute approximate surface area is 242 Å². The molecule has 0 aliphatic carbocycles. The first-order valence-corrected chi connectivity index (χ1v) is 14.0. The van der Waals surface area contributed by atoms with E-state index < -0.39 is 6.67 Å². The van der Waals surface area contributed by atoms with Crippen LogP contribution in [0.3, 0.4) is 0 Å². The van der Waals surface area contributed by atoms with Crippen molar-refractivity contribution in [2.24, 2.45) is 0 Å². The number of carbonyl (C=O) groups is 1. The fourth-order valence-corrected chi connectivity index (χ4v) is 2.97. The highest BCUT2D eigenvalue weighted by atomic mass is 19.1. The summed E-state index contributed by atoms with van der Waals surface area (Å²) in [5.74, 6) is 0.604. The number of ether oxygens (including phenoxy) is 10. The van der Waals surface area contributed by atoms with E-state index in [4.69, 9.17) is 47.4 Å². The Kier molecular flexibility index (Phi) is 26.7. The van der Waals surface area contributed by atoms with Gasteiger partial charge in [0, 0.05) is 12.6 Å². The van der Waals surface area contributed by atoms with Gasteiger partial charge in [0.15, 0.2) is 0 Å². The summed E-state index contributed by atoms with van der Waals surface area (Å²) in [4.78, 5) is 11.0. The van der Waals surface area contributed by atoms with Crippen LogP contribution in [0.2, 0.25) is 0 Å². The van der Waals surface area contributed by atoms with Crippen LogP contribution in [0.15, 0.2) is 24.3 Å². The molecule has 1 rings (SSSR count). The molecule has 0 saturated heterocycles. The zero-order valence-electron chi connectivity index (χ0n) is 24.3. The minimum absolute atomic E-state index is 0.110. The Balaban J connectivity index is 1.68. The van der Waals surface area contributed by atoms with Crippen molar-refractivity contribution in [3.8, 4) is 5.75 Å². The number of hydrogen-bond donors (Lipinski definition) is 1. The molecule has 238 valence electrons. The van der Waals surface area contributed by atoms with Crippen molar-refractivity contribution in [1.29, 1.82) is 0 Å². The fourth-order valence-electron chi connectivity index (χ4n) is 2.97. The van der Waals surface area contributed by atoms with Crippen molar-refractivity contribution < 1.29 is 56.6 Å². The lowest BCUT2D eigenvalue weighted by atomic mass is 10.3. The van der Waals surface area contributed by atoms with E-state index in [0.717, 1.165) is 5.69 Å². The molecule has 1 amide bonds. The topological polar surface area (TPSA) is 121 Å². The molecule has 0 aliphatic rings. The summed E-state index contributed by atoms with van der Waals surface area (Å²) in [6.07, 6.45) is 0. The molecule has 13 heteroatoms. The Bertz CT molecular complexity index is 700. The number of alkyl halides is 1. The lowest BCUT2D eigenvalue weighted by Gasteiger charge is -2.09. The molecule has 0 radical (unpaired) electrons. The van der Waals surface area contributed by atoms with Crippen LogP contribution in [-0.2, 0) is 47.4 Å². The van der Waals surface area contributed by atoms with Crippen LogP contribution in [0.25, 0.3) is 0 Å². The van der Waals surface area contributed by atoms with Crippen molar-refractivity contribution in [2.45, 2.75) is 6.92 Å². The van der Waals surface area contributed by atoms with Gasteiger partial charge in [-0.25, -0.2) is 4.39 Å². The number of nitrogens with one attached hydrogen (secondary N) is 1. The third kappa shape index (κ3) is 26.7. The largest absolute Gasteiger partial charge is 0.491 e. The minimum atomic E-state index is -0.477. The third-order valence-electron chi connectivity index (χ3n) is 4.87. The summed E-state index contributed by atoms with van der Waals surface area (Å²) in [5.41, 5.74) is 0.729. The standard InChI is InChI=1S/C28H48FNO11/c1-26(31)30-27-2-4-28(5-3-27)41-25-24-40-23-22-39-21-20-38-19-18-37-17-16-36-15-14-35-13-12-34-11-10-33-9-8-32-7-6-29/h2-5H,6-25H2,1H3,(H,30,31). The first kappa shape index (κ1) is 37.1. The predicted molar refractivity (Wildman–Crippen MR) is 150 cm³/mol. The van der Waals surface area contributed by atoms with Gasteiger partial charge in [0.25, 0.3) is 0 Å². The second-order valence-electron chi connectivity index (χ2n) is 8.25. The van der Waals surface area contributed by atoms with Gasteiger partial charge >= 0.3 is 0 Å². The summed E-state index contributed by atoms with van der Waals surface area (Å²) < 4.78 is 65.7. The Hall–Kier alpha value is -1.94. The van der Waals surface area contributed by atoms with Crippen LogP contribution in [0.4, 0.5) is 10.1 Å². The quantitative estimate of drug-likeness (QED) is 0.128. The van der Waals surface area contributed by atoms with Crippen molar-refractivity contribution in [1.82, 2.24) is 0 Å². The zero-order chi connectivity index (χ0) is 29.5. The van der Waals surface area contributed by atoms with Gasteiger partial charge in [-0.1, -0.05) is 0 Å². The normalized spacial score (nSPS) is 11.2. The van der Waals surface area contributed by atoms with E-state index in [1.165, 1.54) is 6.92 Å². The molecule has 41 heavy (non-hydrogen) atoms. The first-order valence-electron chi connectivity index (χ1n) is 14.0. The van der Waals surface area contributed by atoms with E-state index in [1.807, 2.05) is 0 Å². The number of anilines is 1. The highest BCUT2D eigenvalue weighted by Gasteiger charge is 1.98. The highest BCUT2D eigenvalue weighted by Crippen LogP contribution is 2.15. The SMILES string of the molecule is CC(=O)Nc1ccc(OCCOCCOCCOCCOCCOCCOCCOCCOCCOCCF)cc1. The van der Waals surface area contributed by atoms with E-state index >= 15 is 0 Å². The van der Waals surface area contributed by atoms with Gasteiger partial charge in [0.2, 0.25) is 5.91 Å². The van der Waals surface area contributed by atoms with E-state index in [0.29, 0.717) is 125 Å². The van der Waals surface area contributed by atoms with Gasteiger partial charge in [-0.15, -0.1) is 0 Å². The van der Waals surface area contributed by atoms with Crippen LogP contribution in [0.5, 0.6) is 5.75 Å². The first-order chi connectivity index (χ1) is 20.2. The molecular formula is C28H48FNO11. The summed E-state index contributed by atoms with van der Waals surface area (Å²) in [6.45, 7) is 9.60. The van der Waals surface area contributed by atoms with Gasteiger partial charge < -0.3 is 52.7 Å². The van der Waals surface area contributed by atoms with Gasteiger partial charge in [-0.3, -0.25) is 4.79 Å². The summed E-state index contributed by atoms with van der Waals surface area (Å²) in [6, 6.07) is 7.16. The maximum absolute atomic E-state index is 11.8. The lowest BCUT2D eigenvalue weighted by Crippen LogP contribution is -2.15. The molecule has 0 heterocycles. The summed E-state index contributed by atoms with van der Waals surface area (Å²) in [7, 11) is 0. The second kappa shape index (κ2) is 29.5. The van der Waals surface area contributed by atoms with Gasteiger partial charge in [0.1, 0.15) is 19.0 Å². The fraction of sp³-hybridized carbons (Fsp3) is 0.750. The van der Waals surface area contributed by atoms with E-state index in [9.17, 15) is 9.18 Å². The van der Waals surface area contributed by atoms with E-state index in [-0.39, 0.29) is 12.5 Å². The van der Waals surface area contributed by atoms with Crippen molar-refractivity contribution in [2.75, 3.05) is 138 Å². The average molecular weight is 594 g/mol. The molecule has 0 bridgehead atoms. The second-order valence-corrected chi connectivity index (χ2v) is 8.25. The molecule has 0 fully saturated rings. The molecule has 1 aromatic rings. The monoisotopic (exact) mass is 593 g/mol. The van der Waals surface area contributed by atoms with Crippen molar-refractivity contribution in [3.05, 3.63) is 24.3 Å². The number of benzene rings is 1. The van der Waals surface area contributed by atoms with Crippen LogP contribution in [0, 0.1) is 0 Å². The predicted octanol–water partition coefficient (Wildman–Crippen LogP) is 2.14. The molecule has 0 saturated carbocycles. The number of rotatable bonds is 31. The van der Waals surface area contributed by atoms with Crippen LogP contribution in [0.1, 0.15) is 6.92 Å². The van der Waals surface area contributed by atoms with Crippen molar-refractivity contribution >= 4 is 11.6 Å². The molecule has 12 nitrogen and oxygen atoms in total.